The molecule has 176 valence electrons. The predicted molar refractivity (Wildman–Crippen MR) is 129 cm³/mol. The second kappa shape index (κ2) is 8.32. The third kappa shape index (κ3) is 3.49. The van der Waals surface area contributed by atoms with Gasteiger partial charge in [-0.05, 0) is 53.6 Å². The maximum Gasteiger partial charge on any atom is 0.226 e. The van der Waals surface area contributed by atoms with E-state index >= 15 is 0 Å². The van der Waals surface area contributed by atoms with Crippen molar-refractivity contribution >= 4 is 23.2 Å². The Morgan fingerprint density at radius 2 is 1.86 bits per heavy atom. The molecule has 1 N–H and O–H groups in total. The van der Waals surface area contributed by atoms with Crippen LogP contribution in [0.15, 0.2) is 72.6 Å². The molecule has 2 unspecified atom stereocenters. The van der Waals surface area contributed by atoms with Crippen LogP contribution in [0.4, 0.5) is 10.3 Å². The molecule has 0 bridgehead atoms. The van der Waals surface area contributed by atoms with Gasteiger partial charge in [0, 0.05) is 16.2 Å². The van der Waals surface area contributed by atoms with Crippen LogP contribution in [-0.2, 0) is 0 Å². The van der Waals surface area contributed by atoms with E-state index in [1.54, 1.807) is 31.0 Å². The van der Waals surface area contributed by atoms with Crippen LogP contribution in [0.1, 0.15) is 28.8 Å². The number of ether oxygens (including phenoxy) is 3. The number of methoxy groups -OCH3 is 2. The summed E-state index contributed by atoms with van der Waals surface area (Å²) in [7, 11) is 3.18. The van der Waals surface area contributed by atoms with Crippen LogP contribution in [0, 0.1) is 5.82 Å². The molecule has 4 aromatic rings. The van der Waals surface area contributed by atoms with Gasteiger partial charge in [0.25, 0.3) is 0 Å². The summed E-state index contributed by atoms with van der Waals surface area (Å²) in [6.45, 7) is 0. The highest BCUT2D eigenvalue weighted by Gasteiger charge is 2.41. The topological polar surface area (TPSA) is 70.4 Å². The Morgan fingerprint density at radius 1 is 1.00 bits per heavy atom. The van der Waals surface area contributed by atoms with Crippen molar-refractivity contribution in [1.82, 2.24) is 14.8 Å². The second-order valence-corrected chi connectivity index (χ2v) is 8.63. The molecule has 0 aliphatic carbocycles. The monoisotopic (exact) mass is 490 g/mol. The average Bonchev–Trinajstić information content (AvgIpc) is 3.35. The first kappa shape index (κ1) is 21.5. The lowest BCUT2D eigenvalue weighted by molar-refractivity contribution is 0.222. The summed E-state index contributed by atoms with van der Waals surface area (Å²) in [6, 6.07) is 17.1. The molecule has 7 nitrogen and oxygen atoms in total. The van der Waals surface area contributed by atoms with Crippen molar-refractivity contribution in [2.75, 3.05) is 19.5 Å². The van der Waals surface area contributed by atoms with E-state index in [9.17, 15) is 4.39 Å². The number of aromatic nitrogens is 3. The lowest BCUT2D eigenvalue weighted by Crippen LogP contribution is -2.32. The summed E-state index contributed by atoms with van der Waals surface area (Å²) in [5.41, 5.74) is 3.98. The van der Waals surface area contributed by atoms with Gasteiger partial charge in [-0.3, -0.25) is 0 Å². The van der Waals surface area contributed by atoms with Crippen LogP contribution in [-0.4, -0.2) is 29.0 Å². The number of hydrogen-bond acceptors (Lipinski definition) is 6. The lowest BCUT2D eigenvalue weighted by atomic mass is 9.84. The van der Waals surface area contributed by atoms with E-state index in [1.165, 1.54) is 18.5 Å². The number of hydrogen-bond donors (Lipinski definition) is 1. The number of anilines is 1. The number of halogens is 2. The van der Waals surface area contributed by atoms with E-state index < -0.39 is 12.1 Å². The molecule has 35 heavy (non-hydrogen) atoms. The normalized spacial score (nSPS) is 18.1. The van der Waals surface area contributed by atoms with Crippen LogP contribution in [0.3, 0.4) is 0 Å². The quantitative estimate of drug-likeness (QED) is 0.399. The van der Waals surface area contributed by atoms with Crippen molar-refractivity contribution in [3.63, 3.8) is 0 Å². The fraction of sp³-hybridized carbons (Fsp3) is 0.154. The van der Waals surface area contributed by atoms with Gasteiger partial charge in [-0.2, -0.15) is 10.1 Å². The SMILES string of the molecule is COc1ccc(C2C3=C(Nc4ncnn42)c2cc(Cl)ccc2OC3c2cccc(F)c2)cc1OC. The van der Waals surface area contributed by atoms with Crippen LogP contribution in [0.25, 0.3) is 5.70 Å². The molecule has 0 spiro atoms. The molecule has 0 saturated carbocycles. The van der Waals surface area contributed by atoms with Crippen LogP contribution >= 0.6 is 11.6 Å². The third-order valence-corrected chi connectivity index (χ3v) is 6.49. The van der Waals surface area contributed by atoms with Crippen LogP contribution in [0.2, 0.25) is 5.02 Å². The van der Waals surface area contributed by atoms with Gasteiger partial charge in [-0.15, -0.1) is 0 Å². The fourth-order valence-electron chi connectivity index (χ4n) is 4.73. The summed E-state index contributed by atoms with van der Waals surface area (Å²) < 4.78 is 33.6. The molecule has 0 amide bonds. The van der Waals surface area contributed by atoms with Gasteiger partial charge in [0.05, 0.1) is 19.9 Å². The van der Waals surface area contributed by atoms with Crippen molar-refractivity contribution in [2.45, 2.75) is 12.1 Å². The van der Waals surface area contributed by atoms with Gasteiger partial charge in [-0.1, -0.05) is 29.8 Å². The maximum absolute atomic E-state index is 14.3. The second-order valence-electron chi connectivity index (χ2n) is 8.19. The van der Waals surface area contributed by atoms with E-state index in [-0.39, 0.29) is 5.82 Å². The average molecular weight is 491 g/mol. The third-order valence-electron chi connectivity index (χ3n) is 6.25. The number of nitrogens with zero attached hydrogens (tertiary/aromatic N) is 3. The molecule has 2 aliphatic heterocycles. The molecule has 6 rings (SSSR count). The molecular weight excluding hydrogens is 471 g/mol. The highest BCUT2D eigenvalue weighted by Crippen LogP contribution is 2.51. The van der Waals surface area contributed by atoms with E-state index in [1.807, 2.05) is 36.4 Å². The Labute approximate surface area is 205 Å². The van der Waals surface area contributed by atoms with E-state index in [0.29, 0.717) is 33.8 Å². The minimum Gasteiger partial charge on any atom is -0.493 e. The van der Waals surface area contributed by atoms with E-state index in [4.69, 9.17) is 25.8 Å². The Bertz CT molecular complexity index is 1490. The Hall–Kier alpha value is -4.04. The molecule has 9 heteroatoms. The number of rotatable bonds is 4. The van der Waals surface area contributed by atoms with Gasteiger partial charge in [0.2, 0.25) is 5.95 Å². The summed E-state index contributed by atoms with van der Waals surface area (Å²) in [6.07, 6.45) is 0.892. The summed E-state index contributed by atoms with van der Waals surface area (Å²) >= 11 is 6.37. The molecule has 0 radical (unpaired) electrons. The molecule has 3 heterocycles. The molecule has 0 saturated heterocycles. The van der Waals surface area contributed by atoms with Gasteiger partial charge in [0.15, 0.2) is 11.5 Å². The van der Waals surface area contributed by atoms with Crippen molar-refractivity contribution in [1.29, 1.82) is 0 Å². The Balaban J connectivity index is 1.63. The van der Waals surface area contributed by atoms with Crippen LogP contribution in [0.5, 0.6) is 17.2 Å². The zero-order valence-corrected chi connectivity index (χ0v) is 19.6. The minimum atomic E-state index is -0.600. The molecule has 0 fully saturated rings. The fourth-order valence-corrected chi connectivity index (χ4v) is 4.90. The molecule has 2 aliphatic rings. The van der Waals surface area contributed by atoms with Crippen molar-refractivity contribution in [2.24, 2.45) is 0 Å². The summed E-state index contributed by atoms with van der Waals surface area (Å²) in [5, 5.41) is 8.48. The lowest BCUT2D eigenvalue weighted by Gasteiger charge is -2.39. The maximum atomic E-state index is 14.3. The van der Waals surface area contributed by atoms with Gasteiger partial charge < -0.3 is 19.5 Å². The first-order valence-electron chi connectivity index (χ1n) is 10.9. The van der Waals surface area contributed by atoms with E-state index in [2.05, 4.69) is 15.4 Å². The zero-order chi connectivity index (χ0) is 24.1. The largest absolute Gasteiger partial charge is 0.493 e. The first-order chi connectivity index (χ1) is 17.1. The summed E-state index contributed by atoms with van der Waals surface area (Å²) in [5.74, 6) is 2.04. The number of nitrogens with one attached hydrogen (secondary N) is 1. The van der Waals surface area contributed by atoms with Gasteiger partial charge >= 0.3 is 0 Å². The molecule has 3 aromatic carbocycles. The Morgan fingerprint density at radius 3 is 2.66 bits per heavy atom. The molecule has 2 atom stereocenters. The number of fused-ring (bicyclic) bond motifs is 3. The first-order valence-corrected chi connectivity index (χ1v) is 11.3. The van der Waals surface area contributed by atoms with Gasteiger partial charge in [-0.25, -0.2) is 9.07 Å². The van der Waals surface area contributed by atoms with Crippen molar-refractivity contribution in [3.05, 3.63) is 100 Å². The summed E-state index contributed by atoms with van der Waals surface area (Å²) in [4.78, 5) is 4.42. The minimum absolute atomic E-state index is 0.344. The molecular formula is C26H20ClFN4O3. The highest BCUT2D eigenvalue weighted by atomic mass is 35.5. The van der Waals surface area contributed by atoms with Crippen molar-refractivity contribution in [3.8, 4) is 17.2 Å². The number of benzene rings is 3. The standard InChI is InChI=1S/C26H20ClFN4O3/c1-33-20-8-6-14(11-21(20)34-2)24-22-23(31-26-29-13-30-32(24)26)18-12-16(27)7-9-19(18)35-25(22)15-4-3-5-17(28)10-15/h3-13,24-25H,1-2H3,(H,29,30,31). The van der Waals surface area contributed by atoms with E-state index in [0.717, 1.165) is 22.4 Å². The molecule has 1 aromatic heterocycles. The van der Waals surface area contributed by atoms with Gasteiger partial charge in [0.1, 0.15) is 30.0 Å². The van der Waals surface area contributed by atoms with Crippen LogP contribution < -0.4 is 19.5 Å². The zero-order valence-electron chi connectivity index (χ0n) is 18.8. The smallest absolute Gasteiger partial charge is 0.226 e. The highest BCUT2D eigenvalue weighted by molar-refractivity contribution is 6.30. The Kier molecular flexibility index (Phi) is 5.11. The predicted octanol–water partition coefficient (Wildman–Crippen LogP) is 5.65. The van der Waals surface area contributed by atoms with Crippen molar-refractivity contribution < 1.29 is 18.6 Å².